The van der Waals surface area contributed by atoms with Crippen LogP contribution in [0.2, 0.25) is 0 Å². The van der Waals surface area contributed by atoms with Crippen LogP contribution in [0.1, 0.15) is 30.7 Å². The van der Waals surface area contributed by atoms with Crippen LogP contribution < -0.4 is 14.8 Å². The Kier molecular flexibility index (Phi) is 7.83. The van der Waals surface area contributed by atoms with Gasteiger partial charge in [0.2, 0.25) is 21.8 Å². The standard InChI is InChI=1S/C20H21F4N3O4S/c1-12(2)31-19-14(5-8-17(26-19)20(22,23)24)6-9-18(28)25-11-13-4-7-16(15(21)10-13)27-32(3,29)30/h4-10,12,27H,11H2,1-3H3,(H,25,28). The molecule has 2 N–H and O–H groups in total. The lowest BCUT2D eigenvalue weighted by Crippen LogP contribution is -2.20. The summed E-state index contributed by atoms with van der Waals surface area (Å²) in [6.45, 7) is 3.18. The Labute approximate surface area is 182 Å². The minimum absolute atomic E-state index is 0.0696. The molecule has 2 rings (SSSR count). The molecule has 1 aromatic heterocycles. The zero-order chi connectivity index (χ0) is 24.1. The molecule has 0 saturated carbocycles. The van der Waals surface area contributed by atoms with Crippen molar-refractivity contribution >= 4 is 27.7 Å². The second-order valence-corrected chi connectivity index (χ2v) is 8.74. The van der Waals surface area contributed by atoms with Crippen molar-refractivity contribution in [3.05, 3.63) is 59.0 Å². The van der Waals surface area contributed by atoms with Gasteiger partial charge in [0.1, 0.15) is 11.5 Å². The molecule has 0 bridgehead atoms. The number of ether oxygens (including phenoxy) is 1. The van der Waals surface area contributed by atoms with Crippen molar-refractivity contribution < 1.29 is 35.5 Å². The molecule has 0 aliphatic rings. The van der Waals surface area contributed by atoms with Crippen molar-refractivity contribution in [2.24, 2.45) is 0 Å². The lowest BCUT2D eigenvalue weighted by Gasteiger charge is -2.14. The number of carbonyl (C=O) groups is 1. The molecule has 1 aromatic carbocycles. The van der Waals surface area contributed by atoms with Crippen molar-refractivity contribution in [2.45, 2.75) is 32.7 Å². The fourth-order valence-corrected chi connectivity index (χ4v) is 2.98. The number of hydrogen-bond acceptors (Lipinski definition) is 5. The predicted octanol–water partition coefficient (Wildman–Crippen LogP) is 3.73. The van der Waals surface area contributed by atoms with E-state index < -0.39 is 39.7 Å². The zero-order valence-corrected chi connectivity index (χ0v) is 18.1. The quantitative estimate of drug-likeness (QED) is 0.448. The van der Waals surface area contributed by atoms with Gasteiger partial charge < -0.3 is 10.1 Å². The largest absolute Gasteiger partial charge is 0.475 e. The Balaban J connectivity index is 2.08. The van der Waals surface area contributed by atoms with Crippen LogP contribution in [0.25, 0.3) is 6.08 Å². The van der Waals surface area contributed by atoms with Gasteiger partial charge in [-0.15, -0.1) is 0 Å². The summed E-state index contributed by atoms with van der Waals surface area (Å²) in [6, 6.07) is 5.62. The van der Waals surface area contributed by atoms with Crippen molar-refractivity contribution in [3.63, 3.8) is 0 Å². The molecule has 0 fully saturated rings. The number of halogens is 4. The zero-order valence-electron chi connectivity index (χ0n) is 17.3. The normalized spacial score (nSPS) is 12.2. The van der Waals surface area contributed by atoms with Crippen molar-refractivity contribution in [2.75, 3.05) is 11.0 Å². The lowest BCUT2D eigenvalue weighted by molar-refractivity contribution is -0.141. The Morgan fingerprint density at radius 1 is 1.22 bits per heavy atom. The van der Waals surface area contributed by atoms with E-state index in [1.807, 2.05) is 4.72 Å². The summed E-state index contributed by atoms with van der Waals surface area (Å²) in [4.78, 5) is 15.5. The molecule has 174 valence electrons. The van der Waals surface area contributed by atoms with E-state index in [-0.39, 0.29) is 23.7 Å². The summed E-state index contributed by atoms with van der Waals surface area (Å²) in [5.74, 6) is -1.68. The van der Waals surface area contributed by atoms with Gasteiger partial charge in [-0.1, -0.05) is 6.07 Å². The van der Waals surface area contributed by atoms with E-state index in [2.05, 4.69) is 10.3 Å². The molecule has 0 radical (unpaired) electrons. The Hall–Kier alpha value is -3.15. The summed E-state index contributed by atoms with van der Waals surface area (Å²) >= 11 is 0. The average molecular weight is 475 g/mol. The number of hydrogen-bond donors (Lipinski definition) is 2. The molecule has 1 amide bonds. The maximum atomic E-state index is 14.0. The first-order valence-electron chi connectivity index (χ1n) is 9.21. The maximum absolute atomic E-state index is 14.0. The van der Waals surface area contributed by atoms with Gasteiger partial charge in [-0.25, -0.2) is 17.8 Å². The summed E-state index contributed by atoms with van der Waals surface area (Å²) < 4.78 is 82.3. The SMILES string of the molecule is CC(C)Oc1nc(C(F)(F)F)ccc1C=CC(=O)NCc1ccc(NS(C)(=O)=O)c(F)c1. The van der Waals surface area contributed by atoms with Crippen molar-refractivity contribution in [1.29, 1.82) is 0 Å². The van der Waals surface area contributed by atoms with Crippen LogP contribution >= 0.6 is 0 Å². The fraction of sp³-hybridized carbons (Fsp3) is 0.300. The van der Waals surface area contributed by atoms with Crippen LogP contribution in [0.3, 0.4) is 0 Å². The van der Waals surface area contributed by atoms with Gasteiger partial charge in [-0.05, 0) is 49.8 Å². The molecule has 0 aliphatic heterocycles. The van der Waals surface area contributed by atoms with Crippen LogP contribution in [-0.4, -0.2) is 31.7 Å². The first-order valence-corrected chi connectivity index (χ1v) is 11.1. The average Bonchev–Trinajstić information content (AvgIpc) is 2.65. The molecular weight excluding hydrogens is 454 g/mol. The third kappa shape index (κ3) is 7.84. The van der Waals surface area contributed by atoms with Gasteiger partial charge >= 0.3 is 6.18 Å². The number of amides is 1. The lowest BCUT2D eigenvalue weighted by atomic mass is 10.2. The van der Waals surface area contributed by atoms with E-state index in [0.29, 0.717) is 5.56 Å². The van der Waals surface area contributed by atoms with Crippen LogP contribution in [0.5, 0.6) is 5.88 Å². The second-order valence-electron chi connectivity index (χ2n) is 6.99. The number of carbonyl (C=O) groups excluding carboxylic acids is 1. The molecule has 7 nitrogen and oxygen atoms in total. The molecule has 0 unspecified atom stereocenters. The highest BCUT2D eigenvalue weighted by molar-refractivity contribution is 7.92. The topological polar surface area (TPSA) is 97.4 Å². The number of benzene rings is 1. The molecule has 2 aromatic rings. The molecular formula is C20H21F4N3O4S. The number of rotatable bonds is 8. The van der Waals surface area contributed by atoms with Crippen LogP contribution in [0.15, 0.2) is 36.4 Å². The summed E-state index contributed by atoms with van der Waals surface area (Å²) in [7, 11) is -3.64. The van der Waals surface area contributed by atoms with E-state index >= 15 is 0 Å². The van der Waals surface area contributed by atoms with Gasteiger partial charge in [0.25, 0.3) is 0 Å². The smallest absolute Gasteiger partial charge is 0.433 e. The highest BCUT2D eigenvalue weighted by Gasteiger charge is 2.33. The highest BCUT2D eigenvalue weighted by atomic mass is 32.2. The van der Waals surface area contributed by atoms with Gasteiger partial charge in [0.05, 0.1) is 18.0 Å². The Bertz CT molecular complexity index is 1120. The summed E-state index contributed by atoms with van der Waals surface area (Å²) in [6.07, 6.45) is -1.87. The van der Waals surface area contributed by atoms with Gasteiger partial charge in [-0.3, -0.25) is 9.52 Å². The number of alkyl halides is 3. The second kappa shape index (κ2) is 9.98. The summed E-state index contributed by atoms with van der Waals surface area (Å²) in [5.41, 5.74) is -0.812. The molecule has 1 heterocycles. The number of aromatic nitrogens is 1. The monoisotopic (exact) mass is 475 g/mol. The molecule has 32 heavy (non-hydrogen) atoms. The van der Waals surface area contributed by atoms with Gasteiger partial charge in [-0.2, -0.15) is 13.2 Å². The third-order valence-electron chi connectivity index (χ3n) is 3.74. The van der Waals surface area contributed by atoms with E-state index in [9.17, 15) is 30.8 Å². The van der Waals surface area contributed by atoms with E-state index in [4.69, 9.17) is 4.74 Å². The summed E-state index contributed by atoms with van der Waals surface area (Å²) in [5, 5.41) is 2.49. The molecule has 0 atom stereocenters. The van der Waals surface area contributed by atoms with E-state index in [0.717, 1.165) is 30.5 Å². The Morgan fingerprint density at radius 3 is 2.47 bits per heavy atom. The number of anilines is 1. The van der Waals surface area contributed by atoms with Crippen LogP contribution in [-0.2, 0) is 27.5 Å². The number of pyridine rings is 1. The van der Waals surface area contributed by atoms with Gasteiger partial charge in [0, 0.05) is 18.2 Å². The number of sulfonamides is 1. The van der Waals surface area contributed by atoms with Crippen molar-refractivity contribution in [1.82, 2.24) is 10.3 Å². The molecule has 0 saturated heterocycles. The third-order valence-corrected chi connectivity index (χ3v) is 4.33. The predicted molar refractivity (Wildman–Crippen MR) is 111 cm³/mol. The number of nitrogens with zero attached hydrogens (tertiary/aromatic N) is 1. The highest BCUT2D eigenvalue weighted by Crippen LogP contribution is 2.31. The van der Waals surface area contributed by atoms with Crippen molar-refractivity contribution in [3.8, 4) is 5.88 Å². The molecule has 12 heteroatoms. The Morgan fingerprint density at radius 2 is 1.91 bits per heavy atom. The number of nitrogens with one attached hydrogen (secondary N) is 2. The minimum Gasteiger partial charge on any atom is -0.475 e. The fourth-order valence-electron chi connectivity index (χ4n) is 2.42. The molecule has 0 aliphatic carbocycles. The van der Waals surface area contributed by atoms with Gasteiger partial charge in [0.15, 0.2) is 0 Å². The van der Waals surface area contributed by atoms with Crippen LogP contribution in [0.4, 0.5) is 23.2 Å². The van der Waals surface area contributed by atoms with E-state index in [1.54, 1.807) is 13.8 Å². The maximum Gasteiger partial charge on any atom is 0.433 e. The minimum atomic E-state index is -4.64. The first kappa shape index (κ1) is 25.1. The van der Waals surface area contributed by atoms with E-state index in [1.165, 1.54) is 18.2 Å². The molecule has 0 spiro atoms. The first-order chi connectivity index (χ1) is 14.7. The van der Waals surface area contributed by atoms with Crippen LogP contribution in [0, 0.1) is 5.82 Å².